The molecular formula is C40H35N7O4. The van der Waals surface area contributed by atoms with Crippen molar-refractivity contribution in [3.63, 3.8) is 0 Å². The smallest absolute Gasteiger partial charge is 0.260 e. The monoisotopic (exact) mass is 677 g/mol. The molecule has 51 heavy (non-hydrogen) atoms. The number of nitrogens with zero attached hydrogens (tertiary/aromatic N) is 5. The van der Waals surface area contributed by atoms with Crippen molar-refractivity contribution in [3.8, 4) is 12.4 Å². The molecule has 0 fully saturated rings. The first-order valence-corrected chi connectivity index (χ1v) is 16.3. The molecule has 11 heteroatoms. The Bertz CT molecular complexity index is 2170. The number of carbonyl (C=O) groups excluding carboxylic acids is 2. The Hall–Kier alpha value is -6.69. The zero-order chi connectivity index (χ0) is 35.7. The molecule has 0 saturated heterocycles. The second kappa shape index (κ2) is 15.7. The largest absolute Gasteiger partial charge is 0.380 e. The van der Waals surface area contributed by atoms with Gasteiger partial charge in [-0.15, -0.1) is 0 Å². The number of rotatable bonds is 8. The van der Waals surface area contributed by atoms with Gasteiger partial charge in [-0.2, -0.15) is 10.5 Å². The normalized spacial score (nSPS) is 12.5. The number of hydrogen-bond donors (Lipinski definition) is 2. The van der Waals surface area contributed by atoms with Gasteiger partial charge in [-0.25, -0.2) is 0 Å². The van der Waals surface area contributed by atoms with E-state index < -0.39 is 0 Å². The Balaban J connectivity index is 0.000000179. The molecule has 0 bridgehead atoms. The molecule has 2 aliphatic rings. The molecule has 5 aromatic rings. The summed E-state index contributed by atoms with van der Waals surface area (Å²) in [7, 11) is 1.64. The second-order valence-corrected chi connectivity index (χ2v) is 12.2. The van der Waals surface area contributed by atoms with Crippen molar-refractivity contribution >= 4 is 23.2 Å². The Morgan fingerprint density at radius 2 is 1.41 bits per heavy atom. The van der Waals surface area contributed by atoms with E-state index in [9.17, 15) is 19.6 Å². The van der Waals surface area contributed by atoms with Crippen molar-refractivity contribution in [3.05, 3.63) is 164 Å². The van der Waals surface area contributed by atoms with Gasteiger partial charge in [0.25, 0.3) is 11.8 Å². The number of H-pyrrole nitrogens is 1. The number of nitrogens with one attached hydrogen (secondary N) is 2. The molecule has 2 amide bonds. The summed E-state index contributed by atoms with van der Waals surface area (Å²) in [4.78, 5) is 44.7. The highest BCUT2D eigenvalue weighted by Crippen LogP contribution is 2.33. The second-order valence-electron chi connectivity index (χ2n) is 12.2. The third-order valence-corrected chi connectivity index (χ3v) is 8.75. The number of fused-ring (bicyclic) bond motifs is 2. The minimum atomic E-state index is -0.253. The first-order valence-electron chi connectivity index (χ1n) is 16.3. The zero-order valence-corrected chi connectivity index (χ0v) is 28.0. The van der Waals surface area contributed by atoms with Crippen LogP contribution >= 0.6 is 0 Å². The summed E-state index contributed by atoms with van der Waals surface area (Å²) in [6.07, 6.45) is 5.77. The van der Waals surface area contributed by atoms with Crippen LogP contribution in [0.5, 0.6) is 0 Å². The fourth-order valence-corrected chi connectivity index (χ4v) is 6.18. The molecule has 0 atom stereocenters. The summed E-state index contributed by atoms with van der Waals surface area (Å²) in [6, 6.07) is 31.5. The lowest BCUT2D eigenvalue weighted by Gasteiger charge is -2.25. The van der Waals surface area contributed by atoms with Gasteiger partial charge in [0.2, 0.25) is 5.56 Å². The number of carbonyl (C=O) groups is 2. The summed E-state index contributed by atoms with van der Waals surface area (Å²) >= 11 is 0. The lowest BCUT2D eigenvalue weighted by molar-refractivity contribution is 0.0983. The number of amides is 2. The highest BCUT2D eigenvalue weighted by atomic mass is 16.5. The molecule has 1 aromatic heterocycles. The lowest BCUT2D eigenvalue weighted by Crippen LogP contribution is -2.32. The van der Waals surface area contributed by atoms with Crippen molar-refractivity contribution < 1.29 is 14.3 Å². The molecule has 254 valence electrons. The minimum Gasteiger partial charge on any atom is -0.380 e. The maximum Gasteiger partial charge on any atom is 0.260 e. The SMILES string of the molecule is COCc1ccc(C(=O)Nc2cccc3c2CN(C#N)C3)cc1.N#CN1Cc2cccc(N(Cc3ccccc3)C(=O)c3ccc(=O)[nH]c3)c2C1. The number of pyridine rings is 1. The van der Waals surface area contributed by atoms with Crippen LogP contribution in [0.4, 0.5) is 11.4 Å². The van der Waals surface area contributed by atoms with E-state index in [4.69, 9.17) is 10.00 Å². The Kier molecular flexibility index (Phi) is 10.5. The highest BCUT2D eigenvalue weighted by Gasteiger charge is 2.27. The van der Waals surface area contributed by atoms with Gasteiger partial charge in [0, 0.05) is 47.4 Å². The molecule has 0 spiro atoms. The van der Waals surface area contributed by atoms with Crippen LogP contribution in [-0.2, 0) is 44.1 Å². The van der Waals surface area contributed by atoms with Gasteiger partial charge in [0.05, 0.1) is 44.9 Å². The molecule has 4 aromatic carbocycles. The van der Waals surface area contributed by atoms with Crippen LogP contribution in [0.2, 0.25) is 0 Å². The Labute approximate surface area is 295 Å². The average Bonchev–Trinajstić information content (AvgIpc) is 3.80. The van der Waals surface area contributed by atoms with Gasteiger partial charge in [0.15, 0.2) is 12.4 Å². The van der Waals surface area contributed by atoms with Crippen LogP contribution in [-0.4, -0.2) is 33.7 Å². The maximum absolute atomic E-state index is 13.3. The predicted molar refractivity (Wildman–Crippen MR) is 192 cm³/mol. The molecule has 11 nitrogen and oxygen atoms in total. The number of aromatic amines is 1. The number of methoxy groups -OCH3 is 1. The standard InChI is InChI=1S/C22H18N4O2.C18H17N3O2/c23-15-25-13-18-7-4-8-20(19(18)14-25)26(12-16-5-2-1-3-6-16)22(28)17-9-10-21(27)24-11-17;1-23-11-13-5-7-14(8-6-13)18(22)20-17-4-2-3-15-9-21(12-19)10-16(15)17/h1-11H,12-14H2,(H,24,27);2-8H,9-11H2,1H3,(H,20,22). The number of anilines is 2. The average molecular weight is 678 g/mol. The number of ether oxygens (including phenoxy) is 1. The van der Waals surface area contributed by atoms with Crippen LogP contribution < -0.4 is 15.8 Å². The fraction of sp³-hybridized carbons (Fsp3) is 0.175. The third kappa shape index (κ3) is 7.97. The first kappa shape index (κ1) is 34.2. The minimum absolute atomic E-state index is 0.155. The summed E-state index contributed by atoms with van der Waals surface area (Å²) in [5, 5.41) is 21.3. The van der Waals surface area contributed by atoms with Crippen molar-refractivity contribution in [2.45, 2.75) is 39.3 Å². The van der Waals surface area contributed by atoms with Gasteiger partial charge >= 0.3 is 0 Å². The Morgan fingerprint density at radius 1 is 0.765 bits per heavy atom. The van der Waals surface area contributed by atoms with E-state index in [-0.39, 0.29) is 17.4 Å². The van der Waals surface area contributed by atoms with Crippen molar-refractivity contribution in [2.75, 3.05) is 17.3 Å². The van der Waals surface area contributed by atoms with Crippen molar-refractivity contribution in [1.82, 2.24) is 14.8 Å². The van der Waals surface area contributed by atoms with E-state index in [1.807, 2.05) is 78.9 Å². The first-order chi connectivity index (χ1) is 24.9. The van der Waals surface area contributed by atoms with Crippen LogP contribution in [0.25, 0.3) is 0 Å². The summed E-state index contributed by atoms with van der Waals surface area (Å²) in [5.74, 6) is -0.360. The van der Waals surface area contributed by atoms with Crippen LogP contribution in [0, 0.1) is 22.9 Å². The molecule has 3 heterocycles. The summed E-state index contributed by atoms with van der Waals surface area (Å²) in [5.41, 5.74) is 8.45. The third-order valence-electron chi connectivity index (χ3n) is 8.75. The number of nitriles is 2. The van der Waals surface area contributed by atoms with E-state index >= 15 is 0 Å². The fourth-order valence-electron chi connectivity index (χ4n) is 6.18. The quantitative estimate of drug-likeness (QED) is 0.193. The van der Waals surface area contributed by atoms with E-state index in [0.717, 1.165) is 44.8 Å². The molecule has 0 radical (unpaired) electrons. The van der Waals surface area contributed by atoms with Gasteiger partial charge in [-0.3, -0.25) is 14.4 Å². The molecule has 0 saturated carbocycles. The molecule has 7 rings (SSSR count). The van der Waals surface area contributed by atoms with Gasteiger partial charge in [-0.1, -0.05) is 66.7 Å². The van der Waals surface area contributed by atoms with E-state index in [1.54, 1.807) is 33.9 Å². The number of aromatic nitrogens is 1. The molecule has 0 unspecified atom stereocenters. The lowest BCUT2D eigenvalue weighted by atomic mass is 10.1. The predicted octanol–water partition coefficient (Wildman–Crippen LogP) is 5.90. The van der Waals surface area contributed by atoms with Gasteiger partial charge in [-0.05, 0) is 52.6 Å². The van der Waals surface area contributed by atoms with Crippen LogP contribution in [0.15, 0.2) is 114 Å². The van der Waals surface area contributed by atoms with Crippen molar-refractivity contribution in [1.29, 1.82) is 10.5 Å². The molecular weight excluding hydrogens is 642 g/mol. The summed E-state index contributed by atoms with van der Waals surface area (Å²) < 4.78 is 5.06. The van der Waals surface area contributed by atoms with Gasteiger partial charge < -0.3 is 29.7 Å². The van der Waals surface area contributed by atoms with Crippen LogP contribution in [0.3, 0.4) is 0 Å². The molecule has 2 N–H and O–H groups in total. The molecule has 2 aliphatic heterocycles. The van der Waals surface area contributed by atoms with Crippen LogP contribution in [0.1, 0.15) is 54.1 Å². The maximum atomic E-state index is 13.3. The zero-order valence-electron chi connectivity index (χ0n) is 28.0. The number of benzene rings is 4. The van der Waals surface area contributed by atoms with E-state index in [1.165, 1.54) is 18.3 Å². The Morgan fingerprint density at radius 3 is 2.06 bits per heavy atom. The topological polar surface area (TPSA) is 146 Å². The van der Waals surface area contributed by atoms with E-state index in [0.29, 0.717) is 50.5 Å². The number of hydrogen-bond acceptors (Lipinski definition) is 8. The van der Waals surface area contributed by atoms with E-state index in [2.05, 4.69) is 22.7 Å². The highest BCUT2D eigenvalue weighted by molar-refractivity contribution is 6.06. The van der Waals surface area contributed by atoms with Gasteiger partial charge in [0.1, 0.15) is 0 Å². The molecule has 0 aliphatic carbocycles. The summed E-state index contributed by atoms with van der Waals surface area (Å²) in [6.45, 7) is 3.08. The van der Waals surface area contributed by atoms with Crippen molar-refractivity contribution in [2.24, 2.45) is 0 Å².